The van der Waals surface area contributed by atoms with Crippen LogP contribution in [-0.4, -0.2) is 25.6 Å². The molecular formula is C19H17ClF2N4O3. The van der Waals surface area contributed by atoms with Crippen molar-refractivity contribution in [1.29, 1.82) is 0 Å². The lowest BCUT2D eigenvalue weighted by atomic mass is 10.0. The first-order valence-electron chi connectivity index (χ1n) is 8.55. The van der Waals surface area contributed by atoms with Crippen molar-refractivity contribution in [3.8, 4) is 0 Å². The summed E-state index contributed by atoms with van der Waals surface area (Å²) in [6, 6.07) is 5.63. The lowest BCUT2D eigenvalue weighted by Crippen LogP contribution is -2.24. The fraction of sp³-hybridized carbons (Fsp3) is 0.263. The Hall–Kier alpha value is -3.07. The molecule has 2 aromatic heterocycles. The van der Waals surface area contributed by atoms with E-state index in [1.165, 1.54) is 19.2 Å². The van der Waals surface area contributed by atoms with Gasteiger partial charge in [-0.25, -0.2) is 23.5 Å². The summed E-state index contributed by atoms with van der Waals surface area (Å²) in [4.78, 5) is 31.9. The van der Waals surface area contributed by atoms with E-state index in [4.69, 9.17) is 11.6 Å². The first-order chi connectivity index (χ1) is 13.6. The van der Waals surface area contributed by atoms with E-state index in [2.05, 4.69) is 15.3 Å². The number of benzene rings is 1. The molecule has 0 saturated carbocycles. The summed E-state index contributed by atoms with van der Waals surface area (Å²) in [5.41, 5.74) is 0.679. The Morgan fingerprint density at radius 2 is 1.97 bits per heavy atom. The van der Waals surface area contributed by atoms with Gasteiger partial charge in [0.05, 0.1) is 22.6 Å². The van der Waals surface area contributed by atoms with Gasteiger partial charge in [0.25, 0.3) is 12.0 Å². The maximum atomic E-state index is 13.4. The van der Waals surface area contributed by atoms with Crippen molar-refractivity contribution in [2.45, 2.75) is 26.3 Å². The van der Waals surface area contributed by atoms with Gasteiger partial charge in [0, 0.05) is 12.6 Å². The van der Waals surface area contributed by atoms with Gasteiger partial charge < -0.3 is 10.4 Å². The minimum atomic E-state index is -2.92. The highest BCUT2D eigenvalue weighted by molar-refractivity contribution is 6.29. The van der Waals surface area contributed by atoms with Crippen LogP contribution in [0.4, 0.5) is 14.5 Å². The van der Waals surface area contributed by atoms with E-state index < -0.39 is 29.8 Å². The van der Waals surface area contributed by atoms with Crippen molar-refractivity contribution in [1.82, 2.24) is 14.5 Å². The van der Waals surface area contributed by atoms with Crippen molar-refractivity contribution >= 4 is 34.2 Å². The summed E-state index contributed by atoms with van der Waals surface area (Å²) in [7, 11) is 1.25. The number of aryl methyl sites for hydroxylation is 1. The molecule has 0 spiro atoms. The number of anilines is 1. The normalized spacial score (nSPS) is 12.4. The monoisotopic (exact) mass is 422 g/mol. The SMILES string of the molecule is Cc1cc(C(C)Nc2ccc(Cl)nc2C(=O)O)c2nc(C(F)F)n(C)c(=O)c2c1. The molecule has 0 saturated heterocycles. The van der Waals surface area contributed by atoms with Gasteiger partial charge in [-0.2, -0.15) is 0 Å². The van der Waals surface area contributed by atoms with Gasteiger partial charge in [-0.05, 0) is 37.6 Å². The number of alkyl halides is 2. The number of nitrogens with one attached hydrogen (secondary N) is 1. The highest BCUT2D eigenvalue weighted by Gasteiger charge is 2.22. The van der Waals surface area contributed by atoms with Crippen molar-refractivity contribution in [3.63, 3.8) is 0 Å². The zero-order valence-electron chi connectivity index (χ0n) is 15.7. The molecule has 1 atom stereocenters. The van der Waals surface area contributed by atoms with E-state index >= 15 is 0 Å². The third kappa shape index (κ3) is 3.91. The second-order valence-corrected chi connectivity index (χ2v) is 6.97. The number of carboxylic acids is 1. The number of carboxylic acid groups (broad SMARTS) is 1. The van der Waals surface area contributed by atoms with Gasteiger partial charge in [0.2, 0.25) is 0 Å². The van der Waals surface area contributed by atoms with Crippen LogP contribution in [0.15, 0.2) is 29.1 Å². The predicted octanol–water partition coefficient (Wildman–Crippen LogP) is 4.10. The molecule has 0 bridgehead atoms. The zero-order chi connectivity index (χ0) is 21.5. The zero-order valence-corrected chi connectivity index (χ0v) is 16.5. The highest BCUT2D eigenvalue weighted by Crippen LogP contribution is 2.29. The Labute approximate surface area is 169 Å². The first kappa shape index (κ1) is 20.7. The van der Waals surface area contributed by atoms with Gasteiger partial charge >= 0.3 is 5.97 Å². The molecule has 0 radical (unpaired) electrons. The van der Waals surface area contributed by atoms with Crippen LogP contribution in [0, 0.1) is 6.92 Å². The average molecular weight is 423 g/mol. The second kappa shape index (κ2) is 7.75. The molecule has 7 nitrogen and oxygen atoms in total. The van der Waals surface area contributed by atoms with Gasteiger partial charge in [0.1, 0.15) is 5.15 Å². The van der Waals surface area contributed by atoms with E-state index in [0.29, 0.717) is 5.56 Å². The molecule has 152 valence electrons. The van der Waals surface area contributed by atoms with Crippen molar-refractivity contribution in [3.05, 3.63) is 62.4 Å². The molecule has 1 aromatic carbocycles. The first-order valence-corrected chi connectivity index (χ1v) is 8.93. The summed E-state index contributed by atoms with van der Waals surface area (Å²) in [5, 5.41) is 12.6. The van der Waals surface area contributed by atoms with Gasteiger partial charge in [-0.1, -0.05) is 17.7 Å². The summed E-state index contributed by atoms with van der Waals surface area (Å²) >= 11 is 5.77. The summed E-state index contributed by atoms with van der Waals surface area (Å²) in [6.45, 7) is 3.47. The maximum Gasteiger partial charge on any atom is 0.356 e. The average Bonchev–Trinajstić information content (AvgIpc) is 2.65. The number of nitrogens with zero attached hydrogens (tertiary/aromatic N) is 3. The van der Waals surface area contributed by atoms with Crippen molar-refractivity contribution in [2.24, 2.45) is 7.05 Å². The number of hydrogen-bond acceptors (Lipinski definition) is 5. The smallest absolute Gasteiger partial charge is 0.356 e. The predicted molar refractivity (Wildman–Crippen MR) is 105 cm³/mol. The molecule has 1 unspecified atom stereocenters. The third-order valence-corrected chi connectivity index (χ3v) is 4.70. The minimum Gasteiger partial charge on any atom is -0.476 e. The molecule has 0 fully saturated rings. The Kier molecular flexibility index (Phi) is 5.52. The quantitative estimate of drug-likeness (QED) is 0.601. The molecule has 3 rings (SSSR count). The van der Waals surface area contributed by atoms with Crippen LogP contribution < -0.4 is 10.9 Å². The van der Waals surface area contributed by atoms with Gasteiger partial charge in [-0.3, -0.25) is 9.36 Å². The third-order valence-electron chi connectivity index (χ3n) is 4.49. The summed E-state index contributed by atoms with van der Waals surface area (Å²) < 4.78 is 27.5. The standard InChI is InChI=1S/C19H17ClF2N4O3/c1-8-6-10(9(2)23-12-4-5-13(20)24-15(12)19(28)29)14-11(7-8)18(27)26(3)17(25-14)16(21)22/h4-7,9,16,23H,1-3H3,(H,28,29). The van der Waals surface area contributed by atoms with Gasteiger partial charge in [0.15, 0.2) is 11.5 Å². The van der Waals surface area contributed by atoms with Gasteiger partial charge in [-0.15, -0.1) is 0 Å². The fourth-order valence-corrected chi connectivity index (χ4v) is 3.27. The van der Waals surface area contributed by atoms with E-state index in [1.807, 2.05) is 0 Å². The topological polar surface area (TPSA) is 97.1 Å². The number of rotatable bonds is 5. The molecular weight excluding hydrogens is 406 g/mol. The van der Waals surface area contributed by atoms with E-state index in [0.717, 1.165) is 10.1 Å². The molecule has 0 aliphatic rings. The molecule has 0 amide bonds. The molecule has 0 aliphatic heterocycles. The molecule has 3 aromatic rings. The lowest BCUT2D eigenvalue weighted by molar-refractivity contribution is 0.0691. The van der Waals surface area contributed by atoms with Crippen LogP contribution in [0.5, 0.6) is 0 Å². The Bertz CT molecular complexity index is 1180. The van der Waals surface area contributed by atoms with Crippen LogP contribution >= 0.6 is 11.6 Å². The fourth-order valence-electron chi connectivity index (χ4n) is 3.12. The number of fused-ring (bicyclic) bond motifs is 1. The Morgan fingerprint density at radius 1 is 1.28 bits per heavy atom. The molecule has 0 aliphatic carbocycles. The number of aromatic nitrogens is 3. The van der Waals surface area contributed by atoms with Crippen LogP contribution in [0.2, 0.25) is 5.15 Å². The maximum absolute atomic E-state index is 13.4. The van der Waals surface area contributed by atoms with E-state index in [-0.39, 0.29) is 27.4 Å². The molecule has 2 N–H and O–H groups in total. The number of hydrogen-bond donors (Lipinski definition) is 2. The number of pyridine rings is 1. The lowest BCUT2D eigenvalue weighted by Gasteiger charge is -2.20. The number of carbonyl (C=O) groups is 1. The molecule has 2 heterocycles. The Balaban J connectivity index is 2.17. The largest absolute Gasteiger partial charge is 0.476 e. The highest BCUT2D eigenvalue weighted by atomic mass is 35.5. The Morgan fingerprint density at radius 3 is 2.59 bits per heavy atom. The van der Waals surface area contributed by atoms with E-state index in [1.54, 1.807) is 26.0 Å². The van der Waals surface area contributed by atoms with Crippen molar-refractivity contribution in [2.75, 3.05) is 5.32 Å². The second-order valence-electron chi connectivity index (χ2n) is 6.59. The summed E-state index contributed by atoms with van der Waals surface area (Å²) in [5.74, 6) is -1.91. The van der Waals surface area contributed by atoms with Crippen LogP contribution in [0.3, 0.4) is 0 Å². The summed E-state index contributed by atoms with van der Waals surface area (Å²) in [6.07, 6.45) is -2.92. The number of halogens is 3. The molecule has 29 heavy (non-hydrogen) atoms. The van der Waals surface area contributed by atoms with E-state index in [9.17, 15) is 23.5 Å². The van der Waals surface area contributed by atoms with Crippen molar-refractivity contribution < 1.29 is 18.7 Å². The van der Waals surface area contributed by atoms with Crippen LogP contribution in [0.1, 0.15) is 46.8 Å². The van der Waals surface area contributed by atoms with Crippen LogP contribution in [-0.2, 0) is 7.05 Å². The minimum absolute atomic E-state index is 0.0216. The number of aromatic carboxylic acids is 1. The van der Waals surface area contributed by atoms with Crippen LogP contribution in [0.25, 0.3) is 10.9 Å². The molecule has 10 heteroatoms.